The fourth-order valence-electron chi connectivity index (χ4n) is 12.7. The first-order valence-corrected chi connectivity index (χ1v) is 40.1. The molecule has 2 fully saturated rings. The van der Waals surface area contributed by atoms with Crippen molar-refractivity contribution in [3.63, 3.8) is 0 Å². The van der Waals surface area contributed by atoms with Crippen molar-refractivity contribution in [2.45, 2.75) is 296 Å². The van der Waals surface area contributed by atoms with Gasteiger partial charge in [-0.2, -0.15) is 0 Å². The summed E-state index contributed by atoms with van der Waals surface area (Å²) in [6.45, 7) is 21.8. The summed E-state index contributed by atoms with van der Waals surface area (Å²) in [6, 6.07) is 43.8. The third-order valence-electron chi connectivity index (χ3n) is 17.8. The Hall–Kier alpha value is -4.33. The molecule has 2 aliphatic heterocycles. The average molecular weight is 1260 g/mol. The van der Waals surface area contributed by atoms with Gasteiger partial charge in [0.2, 0.25) is 0 Å². The first kappa shape index (κ1) is 76.4. The third kappa shape index (κ3) is 28.5. The SMILES string of the molecule is CCCC[C@H](/C=C\CCCCCCC/C=C\CCCCO[Si](c1ccccc1)(c1ccccc1)C(C)(C)C)OC1CCCCO1.CCCC[C@H](C#CCCCCCCCC#CCCCCO[Si](c1ccccc1)(c1ccccc1)C(C)(C)C)OC1CCCCO1. The molecule has 0 saturated carbocycles. The van der Waals surface area contributed by atoms with Crippen molar-refractivity contribution in [3.8, 4) is 23.7 Å². The molecule has 0 amide bonds. The summed E-state index contributed by atoms with van der Waals surface area (Å²) in [6.07, 6.45) is 47.0. The van der Waals surface area contributed by atoms with E-state index in [2.05, 4.69) is 225 Å². The second-order valence-electron chi connectivity index (χ2n) is 27.3. The molecular formula is C82H124O6Si2. The molecule has 0 aromatic heterocycles. The van der Waals surface area contributed by atoms with Gasteiger partial charge in [-0.1, -0.05) is 271 Å². The lowest BCUT2D eigenvalue weighted by atomic mass is 10.1. The van der Waals surface area contributed by atoms with Gasteiger partial charge in [-0.3, -0.25) is 0 Å². The van der Waals surface area contributed by atoms with E-state index < -0.39 is 16.6 Å². The Morgan fingerprint density at radius 2 is 0.811 bits per heavy atom. The Labute approximate surface area is 553 Å². The van der Waals surface area contributed by atoms with Crippen LogP contribution >= 0.6 is 0 Å². The van der Waals surface area contributed by atoms with Crippen LogP contribution in [-0.4, -0.2) is 67.9 Å². The molecule has 90 heavy (non-hydrogen) atoms. The quantitative estimate of drug-likeness (QED) is 0.0191. The Morgan fingerprint density at radius 1 is 0.433 bits per heavy atom. The van der Waals surface area contributed by atoms with Gasteiger partial charge in [0, 0.05) is 45.7 Å². The van der Waals surface area contributed by atoms with E-state index in [4.69, 9.17) is 27.8 Å². The molecule has 6 nitrogen and oxygen atoms in total. The van der Waals surface area contributed by atoms with Gasteiger partial charge in [-0.05, 0) is 153 Å². The summed E-state index contributed by atoms with van der Waals surface area (Å²) in [5.74, 6) is 13.6. The molecule has 4 aromatic carbocycles. The molecule has 2 saturated heterocycles. The lowest BCUT2D eigenvalue weighted by Crippen LogP contribution is -2.66. The van der Waals surface area contributed by atoms with Crippen LogP contribution in [-0.2, 0) is 27.8 Å². The highest BCUT2D eigenvalue weighted by molar-refractivity contribution is 7.00. The lowest BCUT2D eigenvalue weighted by Gasteiger charge is -2.43. The fraction of sp³-hybridized carbons (Fsp3) is 0.610. The standard InChI is InChI=1S/C41H64O3Si.C41H60O3Si/c2*1-5-6-28-37(44-40-34-25-27-35-42-40)29-20-16-14-12-10-8-7-9-11-13-15-17-26-36-43-45(41(2,3)4,38-30-21-18-22-31-38)39-32-23-19-24-33-39/h11,13,18-24,29-33,37,40H,5-10,12,14-17,25-28,34-36H2,1-4H3;18-19,21-24,30-33,37,40H,5-10,12,14-17,25-28,34-36H2,1-4H3/b13-11-,29-20-;/t2*37-,40?/m11/s1. The molecule has 0 aliphatic carbocycles. The van der Waals surface area contributed by atoms with Crippen LogP contribution in [0.4, 0.5) is 0 Å². The van der Waals surface area contributed by atoms with Crippen molar-refractivity contribution >= 4 is 37.4 Å². The minimum Gasteiger partial charge on any atom is -0.407 e. The largest absolute Gasteiger partial charge is 0.407 e. The van der Waals surface area contributed by atoms with E-state index >= 15 is 0 Å². The highest BCUT2D eigenvalue weighted by Crippen LogP contribution is 2.38. The summed E-state index contributed by atoms with van der Waals surface area (Å²) in [5, 5.41) is 5.50. The molecule has 4 aromatic rings. The average Bonchev–Trinajstić information content (AvgIpc) is 0.782. The number of hydrogen-bond donors (Lipinski definition) is 0. The summed E-state index contributed by atoms with van der Waals surface area (Å²) >= 11 is 0. The normalized spacial score (nSPS) is 16.4. The van der Waals surface area contributed by atoms with E-state index in [1.165, 1.54) is 136 Å². The van der Waals surface area contributed by atoms with Gasteiger partial charge in [-0.25, -0.2) is 0 Å². The predicted molar refractivity (Wildman–Crippen MR) is 389 cm³/mol. The zero-order chi connectivity index (χ0) is 64.1. The topological polar surface area (TPSA) is 55.4 Å². The van der Waals surface area contributed by atoms with Crippen LogP contribution in [0.15, 0.2) is 146 Å². The summed E-state index contributed by atoms with van der Waals surface area (Å²) in [4.78, 5) is 0. The number of unbranched alkanes of at least 4 members (excludes halogenated alkanes) is 18. The second kappa shape index (κ2) is 45.9. The van der Waals surface area contributed by atoms with Crippen LogP contribution in [0.3, 0.4) is 0 Å². The number of hydrogen-bond acceptors (Lipinski definition) is 6. The van der Waals surface area contributed by atoms with Crippen LogP contribution < -0.4 is 20.7 Å². The smallest absolute Gasteiger partial charge is 0.261 e. The van der Waals surface area contributed by atoms with Crippen molar-refractivity contribution in [1.82, 2.24) is 0 Å². The number of allylic oxidation sites excluding steroid dienone is 3. The number of ether oxygens (including phenoxy) is 4. The van der Waals surface area contributed by atoms with Crippen LogP contribution in [0.2, 0.25) is 10.1 Å². The van der Waals surface area contributed by atoms with Crippen LogP contribution in [0.25, 0.3) is 0 Å². The maximum absolute atomic E-state index is 7.03. The minimum atomic E-state index is -2.43. The van der Waals surface area contributed by atoms with Crippen molar-refractivity contribution in [3.05, 3.63) is 146 Å². The molecule has 0 spiro atoms. The maximum atomic E-state index is 7.03. The lowest BCUT2D eigenvalue weighted by molar-refractivity contribution is -0.179. The third-order valence-corrected chi connectivity index (χ3v) is 27.8. The van der Waals surface area contributed by atoms with Crippen LogP contribution in [0, 0.1) is 23.7 Å². The molecular weight excluding hydrogens is 1140 g/mol. The monoisotopic (exact) mass is 1260 g/mol. The fourth-order valence-corrected chi connectivity index (χ4v) is 21.9. The molecule has 0 N–H and O–H groups in total. The summed E-state index contributed by atoms with van der Waals surface area (Å²) < 4.78 is 38.0. The van der Waals surface area contributed by atoms with Crippen molar-refractivity contribution in [1.29, 1.82) is 0 Å². The van der Waals surface area contributed by atoms with Gasteiger partial charge < -0.3 is 27.8 Å². The van der Waals surface area contributed by atoms with E-state index in [0.717, 1.165) is 116 Å². The van der Waals surface area contributed by atoms with Crippen LogP contribution in [0.1, 0.15) is 261 Å². The van der Waals surface area contributed by atoms with Crippen molar-refractivity contribution < 1.29 is 27.8 Å². The van der Waals surface area contributed by atoms with Crippen molar-refractivity contribution in [2.24, 2.45) is 0 Å². The number of rotatable bonds is 40. The first-order valence-electron chi connectivity index (χ1n) is 36.2. The highest BCUT2D eigenvalue weighted by Gasteiger charge is 2.51. The van der Waals surface area contributed by atoms with Crippen LogP contribution in [0.5, 0.6) is 0 Å². The van der Waals surface area contributed by atoms with Gasteiger partial charge in [0.25, 0.3) is 16.6 Å². The molecule has 8 heteroatoms. The van der Waals surface area contributed by atoms with E-state index in [1.807, 2.05) is 0 Å². The van der Waals surface area contributed by atoms with Crippen molar-refractivity contribution in [2.75, 3.05) is 26.4 Å². The molecule has 2 unspecified atom stereocenters. The van der Waals surface area contributed by atoms with Gasteiger partial charge in [-0.15, -0.1) is 17.8 Å². The van der Waals surface area contributed by atoms with Gasteiger partial charge >= 0.3 is 0 Å². The molecule has 0 radical (unpaired) electrons. The summed E-state index contributed by atoms with van der Waals surface area (Å²) in [5.41, 5.74) is 0. The molecule has 2 aliphatic rings. The molecule has 496 valence electrons. The molecule has 2 heterocycles. The zero-order valence-corrected chi connectivity index (χ0v) is 60.1. The van der Waals surface area contributed by atoms with E-state index in [9.17, 15) is 0 Å². The first-order chi connectivity index (χ1) is 43.9. The van der Waals surface area contributed by atoms with E-state index in [-0.39, 0.29) is 34.9 Å². The minimum absolute atomic E-state index is 0.00778. The maximum Gasteiger partial charge on any atom is 0.261 e. The van der Waals surface area contributed by atoms with Gasteiger partial charge in [0.1, 0.15) is 6.10 Å². The molecule has 0 bridgehead atoms. The van der Waals surface area contributed by atoms with E-state index in [0.29, 0.717) is 0 Å². The van der Waals surface area contributed by atoms with Gasteiger partial charge in [0.05, 0.1) is 6.10 Å². The Balaban J connectivity index is 0.000000327. The highest BCUT2D eigenvalue weighted by atomic mass is 28.4. The summed E-state index contributed by atoms with van der Waals surface area (Å²) in [7, 11) is -4.83. The van der Waals surface area contributed by atoms with E-state index in [1.54, 1.807) is 0 Å². The zero-order valence-electron chi connectivity index (χ0n) is 58.1. The Kier molecular flexibility index (Phi) is 38.9. The molecule has 4 atom stereocenters. The predicted octanol–water partition coefficient (Wildman–Crippen LogP) is 20.3. The Morgan fingerprint density at radius 3 is 1.24 bits per heavy atom. The molecule has 6 rings (SSSR count). The Bertz CT molecular complexity index is 2500. The second-order valence-corrected chi connectivity index (χ2v) is 36.0. The number of benzene rings is 4. The van der Waals surface area contributed by atoms with Gasteiger partial charge in [0.15, 0.2) is 12.6 Å².